The molecule has 0 aliphatic carbocycles. The second kappa shape index (κ2) is 7.99. The summed E-state index contributed by atoms with van der Waals surface area (Å²) in [5.41, 5.74) is -0.219. The van der Waals surface area contributed by atoms with Gasteiger partial charge < -0.3 is 19.3 Å². The SMILES string of the molecule is COC(C)(C)CCOC(C)(S)CCOCC(=O)O. The Hall–Kier alpha value is -0.300. The molecule has 0 aliphatic heterocycles. The van der Waals surface area contributed by atoms with Gasteiger partial charge in [-0.15, -0.1) is 12.6 Å². The molecule has 5 nitrogen and oxygen atoms in total. The van der Waals surface area contributed by atoms with Gasteiger partial charge in [0.15, 0.2) is 0 Å². The van der Waals surface area contributed by atoms with Crippen LogP contribution in [-0.4, -0.2) is 48.5 Å². The number of rotatable bonds is 10. The van der Waals surface area contributed by atoms with Gasteiger partial charge in [-0.3, -0.25) is 0 Å². The van der Waals surface area contributed by atoms with E-state index in [1.807, 2.05) is 20.8 Å². The molecule has 0 saturated carbocycles. The lowest BCUT2D eigenvalue weighted by molar-refractivity contribution is -0.142. The molecular formula is C12H24O5S. The molecule has 1 atom stereocenters. The highest BCUT2D eigenvalue weighted by Crippen LogP contribution is 2.22. The van der Waals surface area contributed by atoms with Crippen LogP contribution < -0.4 is 0 Å². The van der Waals surface area contributed by atoms with Crippen LogP contribution in [0.4, 0.5) is 0 Å². The van der Waals surface area contributed by atoms with Gasteiger partial charge in [0.05, 0.1) is 18.8 Å². The van der Waals surface area contributed by atoms with Crippen LogP contribution >= 0.6 is 12.6 Å². The van der Waals surface area contributed by atoms with Crippen molar-refractivity contribution >= 4 is 18.6 Å². The maximum absolute atomic E-state index is 10.3. The molecule has 0 amide bonds. The fraction of sp³-hybridized carbons (Fsp3) is 0.917. The normalized spacial score (nSPS) is 15.4. The molecule has 0 fully saturated rings. The van der Waals surface area contributed by atoms with Crippen LogP contribution in [0.15, 0.2) is 0 Å². The maximum atomic E-state index is 10.3. The molecule has 18 heavy (non-hydrogen) atoms. The lowest BCUT2D eigenvalue weighted by Gasteiger charge is -2.28. The minimum atomic E-state index is -0.973. The van der Waals surface area contributed by atoms with Gasteiger partial charge in [-0.1, -0.05) is 0 Å². The smallest absolute Gasteiger partial charge is 0.329 e. The number of carboxylic acids is 1. The topological polar surface area (TPSA) is 65.0 Å². The monoisotopic (exact) mass is 280 g/mol. The zero-order valence-corrected chi connectivity index (χ0v) is 12.5. The Bertz CT molecular complexity index is 253. The van der Waals surface area contributed by atoms with Crippen molar-refractivity contribution in [3.8, 4) is 0 Å². The van der Waals surface area contributed by atoms with Gasteiger partial charge in [0.1, 0.15) is 11.5 Å². The lowest BCUT2D eigenvalue weighted by atomic mass is 10.1. The van der Waals surface area contributed by atoms with Crippen molar-refractivity contribution < 1.29 is 24.1 Å². The number of hydrogen-bond donors (Lipinski definition) is 2. The van der Waals surface area contributed by atoms with E-state index in [1.165, 1.54) is 0 Å². The molecule has 0 aromatic carbocycles. The van der Waals surface area contributed by atoms with Crippen molar-refractivity contribution in [3.63, 3.8) is 0 Å². The van der Waals surface area contributed by atoms with Crippen LogP contribution in [-0.2, 0) is 19.0 Å². The minimum Gasteiger partial charge on any atom is -0.480 e. The molecule has 0 aliphatic rings. The summed E-state index contributed by atoms with van der Waals surface area (Å²) >= 11 is 4.38. The van der Waals surface area contributed by atoms with Gasteiger partial charge in [0, 0.05) is 13.5 Å². The molecule has 0 saturated heterocycles. The predicted octanol–water partition coefficient (Wildman–Crippen LogP) is 1.96. The van der Waals surface area contributed by atoms with E-state index in [4.69, 9.17) is 19.3 Å². The summed E-state index contributed by atoms with van der Waals surface area (Å²) in [5, 5.41) is 8.41. The quantitative estimate of drug-likeness (QED) is 0.364. The third-order valence-electron chi connectivity index (χ3n) is 2.61. The zero-order chi connectivity index (χ0) is 14.2. The first kappa shape index (κ1) is 17.7. The van der Waals surface area contributed by atoms with Crippen molar-refractivity contribution in [1.29, 1.82) is 0 Å². The molecule has 1 N–H and O–H groups in total. The van der Waals surface area contributed by atoms with Crippen LogP contribution in [0.1, 0.15) is 33.6 Å². The summed E-state index contributed by atoms with van der Waals surface area (Å²) in [6.07, 6.45) is 1.28. The summed E-state index contributed by atoms with van der Waals surface area (Å²) in [6.45, 7) is 6.35. The summed E-state index contributed by atoms with van der Waals surface area (Å²) < 4.78 is 15.9. The summed E-state index contributed by atoms with van der Waals surface area (Å²) in [5.74, 6) is -0.973. The van der Waals surface area contributed by atoms with E-state index in [-0.39, 0.29) is 12.2 Å². The fourth-order valence-electron chi connectivity index (χ4n) is 1.11. The highest BCUT2D eigenvalue weighted by atomic mass is 32.1. The van der Waals surface area contributed by atoms with Crippen LogP contribution in [0.3, 0.4) is 0 Å². The molecule has 0 aromatic rings. The van der Waals surface area contributed by atoms with E-state index >= 15 is 0 Å². The molecule has 0 spiro atoms. The molecule has 0 aromatic heterocycles. The third-order valence-corrected chi connectivity index (χ3v) is 2.96. The average molecular weight is 280 g/mol. The largest absolute Gasteiger partial charge is 0.480 e. The summed E-state index contributed by atoms with van der Waals surface area (Å²) in [6, 6.07) is 0. The summed E-state index contributed by atoms with van der Waals surface area (Å²) in [7, 11) is 1.67. The van der Waals surface area contributed by atoms with Crippen molar-refractivity contribution in [1.82, 2.24) is 0 Å². The number of carbonyl (C=O) groups is 1. The van der Waals surface area contributed by atoms with E-state index in [1.54, 1.807) is 7.11 Å². The molecule has 0 heterocycles. The molecule has 0 bridgehead atoms. The number of methoxy groups -OCH3 is 1. The Morgan fingerprint density at radius 3 is 2.33 bits per heavy atom. The standard InChI is InChI=1S/C12H24O5S/c1-11(2,15-4)5-8-17-12(3,18)6-7-16-9-10(13)14/h18H,5-9H2,1-4H3,(H,13,14). The number of ether oxygens (including phenoxy) is 3. The molecule has 108 valence electrons. The van der Waals surface area contributed by atoms with E-state index in [2.05, 4.69) is 12.6 Å². The third kappa shape index (κ3) is 9.70. The number of carboxylic acid groups (broad SMARTS) is 1. The van der Waals surface area contributed by atoms with Crippen LogP contribution in [0.5, 0.6) is 0 Å². The molecular weight excluding hydrogens is 256 g/mol. The van der Waals surface area contributed by atoms with Crippen molar-refractivity contribution in [3.05, 3.63) is 0 Å². The first-order valence-electron chi connectivity index (χ1n) is 5.89. The van der Waals surface area contributed by atoms with Gasteiger partial charge in [-0.25, -0.2) is 4.79 Å². The van der Waals surface area contributed by atoms with E-state index in [0.717, 1.165) is 6.42 Å². The second-order valence-electron chi connectivity index (χ2n) is 4.93. The Morgan fingerprint density at radius 2 is 1.83 bits per heavy atom. The lowest BCUT2D eigenvalue weighted by Crippen LogP contribution is -2.29. The van der Waals surface area contributed by atoms with Gasteiger partial charge >= 0.3 is 5.97 Å². The van der Waals surface area contributed by atoms with E-state index in [0.29, 0.717) is 19.6 Å². The predicted molar refractivity (Wildman–Crippen MR) is 72.1 cm³/mol. The van der Waals surface area contributed by atoms with Gasteiger partial charge in [0.2, 0.25) is 0 Å². The summed E-state index contributed by atoms with van der Waals surface area (Å²) in [4.78, 5) is 9.63. The molecule has 0 radical (unpaired) electrons. The van der Waals surface area contributed by atoms with Gasteiger partial charge in [0.25, 0.3) is 0 Å². The number of hydrogen-bond acceptors (Lipinski definition) is 5. The Balaban J connectivity index is 3.76. The second-order valence-corrected chi connectivity index (χ2v) is 5.88. The average Bonchev–Trinajstić information content (AvgIpc) is 2.24. The Kier molecular flexibility index (Phi) is 7.86. The fourth-order valence-corrected chi connectivity index (χ4v) is 1.29. The van der Waals surface area contributed by atoms with Gasteiger partial charge in [-0.2, -0.15) is 0 Å². The zero-order valence-electron chi connectivity index (χ0n) is 11.6. The Labute approximate surface area is 114 Å². The molecule has 0 rings (SSSR count). The van der Waals surface area contributed by atoms with Crippen molar-refractivity contribution in [2.75, 3.05) is 26.9 Å². The highest BCUT2D eigenvalue weighted by Gasteiger charge is 2.22. The van der Waals surface area contributed by atoms with E-state index < -0.39 is 10.9 Å². The maximum Gasteiger partial charge on any atom is 0.329 e. The van der Waals surface area contributed by atoms with Crippen LogP contribution in [0.25, 0.3) is 0 Å². The Morgan fingerprint density at radius 1 is 1.22 bits per heavy atom. The number of thiol groups is 1. The molecule has 6 heteroatoms. The first-order chi connectivity index (χ1) is 8.18. The first-order valence-corrected chi connectivity index (χ1v) is 6.34. The van der Waals surface area contributed by atoms with Crippen molar-refractivity contribution in [2.24, 2.45) is 0 Å². The van der Waals surface area contributed by atoms with Gasteiger partial charge in [-0.05, 0) is 27.2 Å². The van der Waals surface area contributed by atoms with Crippen LogP contribution in [0.2, 0.25) is 0 Å². The van der Waals surface area contributed by atoms with Crippen LogP contribution in [0, 0.1) is 0 Å². The number of aliphatic carboxylic acids is 1. The molecule has 1 unspecified atom stereocenters. The van der Waals surface area contributed by atoms with Crippen molar-refractivity contribution in [2.45, 2.75) is 44.1 Å². The highest BCUT2D eigenvalue weighted by molar-refractivity contribution is 7.81. The minimum absolute atomic E-state index is 0.219. The van der Waals surface area contributed by atoms with E-state index in [9.17, 15) is 4.79 Å².